The van der Waals surface area contributed by atoms with Crippen LogP contribution in [0.2, 0.25) is 4.34 Å². The van der Waals surface area contributed by atoms with Gasteiger partial charge in [0.1, 0.15) is 0 Å². The Hall–Kier alpha value is -0.130. The fourth-order valence-corrected chi connectivity index (χ4v) is 4.14. The quantitative estimate of drug-likeness (QED) is 0.505. The maximum atomic E-state index is 6.03. The molecule has 0 aliphatic heterocycles. The Morgan fingerprint density at radius 3 is 2.44 bits per heavy atom. The predicted octanol–water partition coefficient (Wildman–Crippen LogP) is 3.65. The lowest BCUT2D eigenvalue weighted by atomic mass is 9.85. The first-order chi connectivity index (χ1) is 8.72. The van der Waals surface area contributed by atoms with Crippen LogP contribution >= 0.6 is 22.9 Å². The normalized spacial score (nSPS) is 21.5. The fourth-order valence-electron chi connectivity index (χ4n) is 2.91. The Morgan fingerprint density at radius 1 is 1.33 bits per heavy atom. The number of ether oxygens (including phenoxy) is 1. The number of halogens is 1. The summed E-state index contributed by atoms with van der Waals surface area (Å²) in [4.78, 5) is 1.16. The van der Waals surface area contributed by atoms with E-state index in [0.717, 1.165) is 22.1 Å². The summed E-state index contributed by atoms with van der Waals surface area (Å²) in [6.45, 7) is 0. The summed E-state index contributed by atoms with van der Waals surface area (Å²) < 4.78 is 6.69. The summed E-state index contributed by atoms with van der Waals surface area (Å²) in [6.07, 6.45) is 7.07. The third-order valence-electron chi connectivity index (χ3n) is 3.93. The molecule has 2 rings (SSSR count). The molecule has 0 saturated heterocycles. The van der Waals surface area contributed by atoms with E-state index in [1.807, 2.05) is 12.1 Å². The maximum absolute atomic E-state index is 6.03. The second-order valence-corrected chi connectivity index (χ2v) is 6.67. The number of hydrogen-bond donors (Lipinski definition) is 2. The van der Waals surface area contributed by atoms with Crippen LogP contribution in [0.4, 0.5) is 0 Å². The molecule has 18 heavy (non-hydrogen) atoms. The van der Waals surface area contributed by atoms with Gasteiger partial charge in [-0.2, -0.15) is 0 Å². The van der Waals surface area contributed by atoms with Crippen LogP contribution in [0.25, 0.3) is 0 Å². The standard InChI is InChI=1S/C13H21ClN2OS/c1-17-13(8-4-2-3-5-9-13)12(16-15)10-6-7-11(14)18-10/h6-7,12,16H,2-5,8-9,15H2,1H3. The minimum atomic E-state index is -0.195. The third-order valence-corrected chi connectivity index (χ3v) is 5.22. The van der Waals surface area contributed by atoms with Crippen LogP contribution in [0.5, 0.6) is 0 Å². The molecule has 1 saturated carbocycles. The first-order valence-corrected chi connectivity index (χ1v) is 7.68. The largest absolute Gasteiger partial charge is 0.376 e. The van der Waals surface area contributed by atoms with E-state index in [4.69, 9.17) is 22.2 Å². The van der Waals surface area contributed by atoms with Gasteiger partial charge in [0.15, 0.2) is 0 Å². The molecule has 0 bridgehead atoms. The Bertz CT molecular complexity index is 375. The molecule has 0 amide bonds. The zero-order valence-corrected chi connectivity index (χ0v) is 12.3. The molecule has 3 N–H and O–H groups in total. The van der Waals surface area contributed by atoms with Crippen LogP contribution in [-0.4, -0.2) is 12.7 Å². The van der Waals surface area contributed by atoms with Crippen molar-refractivity contribution in [1.82, 2.24) is 5.43 Å². The van der Waals surface area contributed by atoms with Gasteiger partial charge in [0.25, 0.3) is 0 Å². The van der Waals surface area contributed by atoms with E-state index >= 15 is 0 Å². The Kier molecular flexibility index (Phi) is 5.04. The van der Waals surface area contributed by atoms with E-state index in [0.29, 0.717) is 0 Å². The number of hydrazine groups is 1. The Morgan fingerprint density at radius 2 is 2.00 bits per heavy atom. The molecule has 3 nitrogen and oxygen atoms in total. The molecule has 102 valence electrons. The van der Waals surface area contributed by atoms with Crippen molar-refractivity contribution in [3.63, 3.8) is 0 Å². The van der Waals surface area contributed by atoms with E-state index in [2.05, 4.69) is 5.43 Å². The molecule has 1 aromatic heterocycles. The second-order valence-electron chi connectivity index (χ2n) is 4.92. The first kappa shape index (κ1) is 14.3. The van der Waals surface area contributed by atoms with Crippen molar-refractivity contribution in [2.75, 3.05) is 7.11 Å². The lowest BCUT2D eigenvalue weighted by Gasteiger charge is -2.38. The SMILES string of the molecule is COC1(C(NN)c2ccc(Cl)s2)CCCCCC1. The molecule has 1 heterocycles. The first-order valence-electron chi connectivity index (χ1n) is 6.48. The summed E-state index contributed by atoms with van der Waals surface area (Å²) in [5.41, 5.74) is 2.75. The minimum Gasteiger partial charge on any atom is -0.376 e. The highest BCUT2D eigenvalue weighted by Crippen LogP contribution is 2.42. The third kappa shape index (κ3) is 2.89. The van der Waals surface area contributed by atoms with E-state index in [9.17, 15) is 0 Å². The van der Waals surface area contributed by atoms with Gasteiger partial charge in [0, 0.05) is 12.0 Å². The number of thiophene rings is 1. The van der Waals surface area contributed by atoms with Crippen LogP contribution in [0.15, 0.2) is 12.1 Å². The molecule has 1 aromatic rings. The summed E-state index contributed by atoms with van der Waals surface area (Å²) in [6, 6.07) is 3.99. The molecule has 1 unspecified atom stereocenters. The van der Waals surface area contributed by atoms with Gasteiger partial charge in [-0.25, -0.2) is 5.43 Å². The van der Waals surface area contributed by atoms with Gasteiger partial charge in [-0.15, -0.1) is 11.3 Å². The lowest BCUT2D eigenvalue weighted by Crippen LogP contribution is -2.47. The van der Waals surface area contributed by atoms with Gasteiger partial charge in [0.2, 0.25) is 0 Å². The van der Waals surface area contributed by atoms with Crippen LogP contribution < -0.4 is 11.3 Å². The van der Waals surface area contributed by atoms with Crippen molar-refractivity contribution < 1.29 is 4.74 Å². The van der Waals surface area contributed by atoms with E-state index in [-0.39, 0.29) is 11.6 Å². The number of hydrogen-bond acceptors (Lipinski definition) is 4. The zero-order valence-electron chi connectivity index (χ0n) is 10.7. The Labute approximate surface area is 118 Å². The minimum absolute atomic E-state index is 0.0260. The maximum Gasteiger partial charge on any atom is 0.0931 e. The highest BCUT2D eigenvalue weighted by Gasteiger charge is 2.40. The molecule has 0 aromatic carbocycles. The van der Waals surface area contributed by atoms with Crippen molar-refractivity contribution in [3.05, 3.63) is 21.3 Å². The van der Waals surface area contributed by atoms with Crippen LogP contribution in [0.3, 0.4) is 0 Å². The lowest BCUT2D eigenvalue weighted by molar-refractivity contribution is -0.0532. The molecule has 0 spiro atoms. The monoisotopic (exact) mass is 288 g/mol. The van der Waals surface area contributed by atoms with Gasteiger partial charge < -0.3 is 4.74 Å². The molecule has 0 radical (unpaired) electrons. The van der Waals surface area contributed by atoms with Gasteiger partial charge >= 0.3 is 0 Å². The molecule has 1 atom stereocenters. The summed E-state index contributed by atoms with van der Waals surface area (Å²) >= 11 is 7.61. The molecule has 1 fully saturated rings. The summed E-state index contributed by atoms with van der Waals surface area (Å²) in [5.74, 6) is 5.79. The van der Waals surface area contributed by atoms with Gasteiger partial charge in [0.05, 0.1) is 16.0 Å². The van der Waals surface area contributed by atoms with Crippen LogP contribution in [0.1, 0.15) is 49.4 Å². The second kappa shape index (κ2) is 6.35. The number of nitrogens with two attached hydrogens (primary N) is 1. The Balaban J connectivity index is 2.27. The predicted molar refractivity (Wildman–Crippen MR) is 76.8 cm³/mol. The van der Waals surface area contributed by atoms with Crippen molar-refractivity contribution in [3.8, 4) is 0 Å². The highest BCUT2D eigenvalue weighted by atomic mass is 35.5. The van der Waals surface area contributed by atoms with Gasteiger partial charge in [-0.05, 0) is 25.0 Å². The number of rotatable bonds is 4. The summed E-state index contributed by atoms with van der Waals surface area (Å²) in [5, 5.41) is 0. The van der Waals surface area contributed by atoms with Crippen LogP contribution in [-0.2, 0) is 4.74 Å². The van der Waals surface area contributed by atoms with Crippen molar-refractivity contribution in [2.24, 2.45) is 5.84 Å². The van der Waals surface area contributed by atoms with E-state index < -0.39 is 0 Å². The highest BCUT2D eigenvalue weighted by molar-refractivity contribution is 7.16. The van der Waals surface area contributed by atoms with Crippen LogP contribution in [0, 0.1) is 0 Å². The average molecular weight is 289 g/mol. The molecular formula is C13H21ClN2OS. The fraction of sp³-hybridized carbons (Fsp3) is 0.692. The van der Waals surface area contributed by atoms with Gasteiger partial charge in [-0.1, -0.05) is 37.3 Å². The number of nitrogens with one attached hydrogen (secondary N) is 1. The smallest absolute Gasteiger partial charge is 0.0931 e. The molecule has 1 aliphatic carbocycles. The topological polar surface area (TPSA) is 47.3 Å². The summed E-state index contributed by atoms with van der Waals surface area (Å²) in [7, 11) is 1.80. The average Bonchev–Trinajstić information content (AvgIpc) is 2.66. The van der Waals surface area contributed by atoms with Crippen molar-refractivity contribution >= 4 is 22.9 Å². The number of methoxy groups -OCH3 is 1. The zero-order chi connectivity index (χ0) is 13.0. The van der Waals surface area contributed by atoms with Gasteiger partial charge in [-0.3, -0.25) is 5.84 Å². The van der Waals surface area contributed by atoms with Crippen molar-refractivity contribution in [1.29, 1.82) is 0 Å². The molecule has 5 heteroatoms. The molecular weight excluding hydrogens is 268 g/mol. The van der Waals surface area contributed by atoms with Crippen molar-refractivity contribution in [2.45, 2.75) is 50.2 Å². The van der Waals surface area contributed by atoms with E-state index in [1.165, 1.54) is 25.7 Å². The molecule has 1 aliphatic rings. The van der Waals surface area contributed by atoms with E-state index in [1.54, 1.807) is 18.4 Å².